The lowest BCUT2D eigenvalue weighted by Crippen LogP contribution is -2.05. The van der Waals surface area contributed by atoms with Crippen LogP contribution in [0.25, 0.3) is 0 Å². The summed E-state index contributed by atoms with van der Waals surface area (Å²) in [5.74, 6) is 0. The minimum Gasteiger partial charge on any atom is -0.388 e. The molecule has 4 nitrogen and oxygen atoms in total. The fourth-order valence-corrected chi connectivity index (χ4v) is 2.39. The molecular weight excluding hydrogens is 301 g/mol. The van der Waals surface area contributed by atoms with Gasteiger partial charge in [-0.25, -0.2) is 0 Å². The maximum Gasteiger partial charge on any atom is 0.272 e. The minimum absolute atomic E-state index is 0.0234. The first-order chi connectivity index (χ1) is 9.50. The Balaban J connectivity index is 2.30. The summed E-state index contributed by atoms with van der Waals surface area (Å²) in [4.78, 5) is 10.5. The predicted molar refractivity (Wildman–Crippen MR) is 78.2 cm³/mol. The monoisotopic (exact) mass is 311 g/mol. The first-order valence-corrected chi connectivity index (χ1v) is 6.60. The van der Waals surface area contributed by atoms with Crippen molar-refractivity contribution in [2.75, 3.05) is 0 Å². The summed E-state index contributed by atoms with van der Waals surface area (Å²) in [6.45, 7) is 0. The summed E-state index contributed by atoms with van der Waals surface area (Å²) in [5.41, 5.74) is 0.878. The summed E-state index contributed by atoms with van der Waals surface area (Å²) in [5, 5.41) is 21.8. The zero-order chi connectivity index (χ0) is 14.7. The lowest BCUT2D eigenvalue weighted by molar-refractivity contribution is -0.385. The molecular formula is C14H11Cl2NO3. The third-order valence-electron chi connectivity index (χ3n) is 2.94. The van der Waals surface area contributed by atoms with Crippen molar-refractivity contribution >= 4 is 28.9 Å². The Labute approximate surface area is 125 Å². The van der Waals surface area contributed by atoms with E-state index in [1.54, 1.807) is 36.4 Å². The molecule has 2 aromatic carbocycles. The highest BCUT2D eigenvalue weighted by atomic mass is 35.5. The third kappa shape index (κ3) is 3.10. The van der Waals surface area contributed by atoms with Crippen molar-refractivity contribution in [3.63, 3.8) is 0 Å². The van der Waals surface area contributed by atoms with Crippen LogP contribution in [0.3, 0.4) is 0 Å². The molecule has 0 aliphatic carbocycles. The van der Waals surface area contributed by atoms with Crippen LogP contribution in [-0.4, -0.2) is 10.0 Å². The summed E-state index contributed by atoms with van der Waals surface area (Å²) >= 11 is 11.9. The van der Waals surface area contributed by atoms with Gasteiger partial charge in [0.1, 0.15) is 0 Å². The van der Waals surface area contributed by atoms with Crippen LogP contribution >= 0.6 is 23.2 Å². The zero-order valence-corrected chi connectivity index (χ0v) is 11.8. The Morgan fingerprint density at radius 3 is 2.55 bits per heavy atom. The number of aliphatic hydroxyl groups excluding tert-OH is 1. The number of nitro benzene ring substituents is 1. The maximum absolute atomic E-state index is 10.9. The van der Waals surface area contributed by atoms with E-state index in [-0.39, 0.29) is 17.1 Å². The van der Waals surface area contributed by atoms with Crippen molar-refractivity contribution < 1.29 is 10.0 Å². The van der Waals surface area contributed by atoms with E-state index in [0.29, 0.717) is 16.1 Å². The molecule has 1 N–H and O–H groups in total. The van der Waals surface area contributed by atoms with E-state index >= 15 is 0 Å². The van der Waals surface area contributed by atoms with Gasteiger partial charge in [0, 0.05) is 23.6 Å². The van der Waals surface area contributed by atoms with Gasteiger partial charge in [-0.1, -0.05) is 53.5 Å². The molecule has 0 bridgehead atoms. The molecule has 2 aromatic rings. The molecule has 0 spiro atoms. The number of hydrogen-bond acceptors (Lipinski definition) is 3. The summed E-state index contributed by atoms with van der Waals surface area (Å²) in [6, 6.07) is 11.2. The average Bonchev–Trinajstić information content (AvgIpc) is 2.42. The molecule has 1 unspecified atom stereocenters. The van der Waals surface area contributed by atoms with E-state index in [1.165, 1.54) is 6.07 Å². The van der Waals surface area contributed by atoms with E-state index in [1.807, 2.05) is 0 Å². The molecule has 0 aliphatic heterocycles. The van der Waals surface area contributed by atoms with Gasteiger partial charge in [0.05, 0.1) is 21.1 Å². The summed E-state index contributed by atoms with van der Waals surface area (Å²) in [6.07, 6.45) is -0.862. The molecule has 2 rings (SSSR count). The van der Waals surface area contributed by atoms with Crippen LogP contribution in [0.5, 0.6) is 0 Å². The zero-order valence-electron chi connectivity index (χ0n) is 10.3. The van der Waals surface area contributed by atoms with Crippen LogP contribution in [0.4, 0.5) is 5.69 Å². The Morgan fingerprint density at radius 1 is 1.15 bits per heavy atom. The van der Waals surface area contributed by atoms with Gasteiger partial charge in [-0.05, 0) is 6.07 Å². The molecule has 0 saturated carbocycles. The number of aliphatic hydroxyl groups is 1. The molecule has 0 fully saturated rings. The van der Waals surface area contributed by atoms with Crippen molar-refractivity contribution in [3.05, 3.63) is 73.8 Å². The van der Waals surface area contributed by atoms with Crippen LogP contribution < -0.4 is 0 Å². The van der Waals surface area contributed by atoms with E-state index in [4.69, 9.17) is 23.2 Å². The summed E-state index contributed by atoms with van der Waals surface area (Å²) < 4.78 is 0. The third-order valence-corrected chi connectivity index (χ3v) is 3.78. The van der Waals surface area contributed by atoms with Crippen LogP contribution in [0.1, 0.15) is 17.2 Å². The Morgan fingerprint density at radius 2 is 1.85 bits per heavy atom. The average molecular weight is 312 g/mol. The van der Waals surface area contributed by atoms with Gasteiger partial charge in [0.2, 0.25) is 0 Å². The van der Waals surface area contributed by atoms with E-state index in [9.17, 15) is 15.2 Å². The van der Waals surface area contributed by atoms with Crippen LogP contribution in [0.2, 0.25) is 10.0 Å². The molecule has 0 heterocycles. The highest BCUT2D eigenvalue weighted by Crippen LogP contribution is 2.32. The van der Waals surface area contributed by atoms with Crippen LogP contribution in [-0.2, 0) is 6.42 Å². The van der Waals surface area contributed by atoms with Crippen molar-refractivity contribution in [1.29, 1.82) is 0 Å². The number of para-hydroxylation sites is 1. The smallest absolute Gasteiger partial charge is 0.272 e. The lowest BCUT2D eigenvalue weighted by Gasteiger charge is -2.13. The molecule has 0 aromatic heterocycles. The Hall–Kier alpha value is -1.62. The second-order valence-corrected chi connectivity index (χ2v) is 5.03. The largest absolute Gasteiger partial charge is 0.388 e. The van der Waals surface area contributed by atoms with Gasteiger partial charge < -0.3 is 5.11 Å². The SMILES string of the molecule is O=[N+]([O-])c1ccccc1CC(O)c1cccc(Cl)c1Cl. The maximum atomic E-state index is 10.9. The molecule has 6 heteroatoms. The fourth-order valence-electron chi connectivity index (χ4n) is 1.96. The molecule has 0 radical (unpaired) electrons. The molecule has 104 valence electrons. The molecule has 0 aliphatic rings. The van der Waals surface area contributed by atoms with Gasteiger partial charge in [-0.15, -0.1) is 0 Å². The van der Waals surface area contributed by atoms with Crippen LogP contribution in [0.15, 0.2) is 42.5 Å². The van der Waals surface area contributed by atoms with Gasteiger partial charge in [0.25, 0.3) is 5.69 Å². The van der Waals surface area contributed by atoms with Gasteiger partial charge >= 0.3 is 0 Å². The number of hydrogen-bond donors (Lipinski definition) is 1. The van der Waals surface area contributed by atoms with E-state index < -0.39 is 11.0 Å². The van der Waals surface area contributed by atoms with Crippen molar-refractivity contribution in [3.8, 4) is 0 Å². The van der Waals surface area contributed by atoms with Gasteiger partial charge in [-0.2, -0.15) is 0 Å². The van der Waals surface area contributed by atoms with E-state index in [0.717, 1.165) is 0 Å². The van der Waals surface area contributed by atoms with Gasteiger partial charge in [-0.3, -0.25) is 10.1 Å². The number of halogens is 2. The standard InChI is InChI=1S/C14H11Cl2NO3/c15-11-6-3-5-10(14(11)16)13(18)8-9-4-1-2-7-12(9)17(19)20/h1-7,13,18H,8H2. The Kier molecular flexibility index (Phi) is 4.60. The quantitative estimate of drug-likeness (QED) is 0.680. The lowest BCUT2D eigenvalue weighted by atomic mass is 10.0. The van der Waals surface area contributed by atoms with Crippen LogP contribution in [0, 0.1) is 10.1 Å². The van der Waals surface area contributed by atoms with Crippen molar-refractivity contribution in [2.45, 2.75) is 12.5 Å². The Bertz CT molecular complexity index is 646. The van der Waals surface area contributed by atoms with Crippen molar-refractivity contribution in [1.82, 2.24) is 0 Å². The number of nitrogens with zero attached hydrogens (tertiary/aromatic N) is 1. The highest BCUT2D eigenvalue weighted by Gasteiger charge is 2.19. The molecule has 0 amide bonds. The first kappa shape index (κ1) is 14.8. The van der Waals surface area contributed by atoms with Gasteiger partial charge in [0.15, 0.2) is 0 Å². The van der Waals surface area contributed by atoms with Crippen molar-refractivity contribution in [2.24, 2.45) is 0 Å². The molecule has 1 atom stereocenters. The number of nitro groups is 1. The molecule has 0 saturated heterocycles. The first-order valence-electron chi connectivity index (χ1n) is 5.85. The minimum atomic E-state index is -0.956. The number of benzene rings is 2. The topological polar surface area (TPSA) is 63.4 Å². The predicted octanol–water partition coefficient (Wildman–Crippen LogP) is 4.18. The number of rotatable bonds is 4. The second-order valence-electron chi connectivity index (χ2n) is 4.25. The highest BCUT2D eigenvalue weighted by molar-refractivity contribution is 6.42. The fraction of sp³-hybridized carbons (Fsp3) is 0.143. The summed E-state index contributed by atoms with van der Waals surface area (Å²) in [7, 11) is 0. The second kappa shape index (κ2) is 6.22. The molecule has 20 heavy (non-hydrogen) atoms. The van der Waals surface area contributed by atoms with E-state index in [2.05, 4.69) is 0 Å². The normalized spacial score (nSPS) is 12.2.